The summed E-state index contributed by atoms with van der Waals surface area (Å²) in [5, 5.41) is 0. The zero-order valence-corrected chi connectivity index (χ0v) is 11.4. The number of carbonyl (C=O) groups excluding carboxylic acids is 1. The van der Waals surface area contributed by atoms with Crippen LogP contribution in [0.15, 0.2) is 0 Å². The van der Waals surface area contributed by atoms with Gasteiger partial charge < -0.3 is 9.47 Å². The highest BCUT2D eigenvalue weighted by Gasteiger charge is 2.32. The Kier molecular flexibility index (Phi) is 3.73. The van der Waals surface area contributed by atoms with E-state index >= 15 is 0 Å². The van der Waals surface area contributed by atoms with Gasteiger partial charge in [0.25, 0.3) is 5.91 Å². The average molecular weight is 252 g/mol. The molecule has 1 aliphatic heterocycles. The van der Waals surface area contributed by atoms with Crippen molar-refractivity contribution in [2.45, 2.75) is 46.1 Å². The summed E-state index contributed by atoms with van der Waals surface area (Å²) < 4.78 is 16.1. The predicted molar refractivity (Wildman–Crippen MR) is 69.3 cm³/mol. The van der Waals surface area contributed by atoms with Crippen LogP contribution in [-0.4, -0.2) is 29.0 Å². The van der Waals surface area contributed by atoms with Crippen LogP contribution in [-0.2, 0) is 19.4 Å². The molecule has 0 unspecified atom stereocenters. The molecule has 18 heavy (non-hydrogen) atoms. The van der Waals surface area contributed by atoms with Crippen molar-refractivity contribution in [2.24, 2.45) is 0 Å². The van der Waals surface area contributed by atoms with Crippen molar-refractivity contribution in [2.75, 3.05) is 13.6 Å². The van der Waals surface area contributed by atoms with Crippen LogP contribution in [0.25, 0.3) is 0 Å². The Morgan fingerprint density at radius 1 is 1.11 bits per heavy atom. The number of likely N-dealkylation sites (N-methyl/N-ethyl adjacent to an activating group) is 1. The Bertz CT molecular complexity index is 465. The maximum absolute atomic E-state index is 14.2. The molecule has 0 bridgehead atoms. The van der Waals surface area contributed by atoms with Crippen LogP contribution >= 0.6 is 0 Å². The minimum Gasteiger partial charge on any atom is -0.339 e. The lowest BCUT2D eigenvalue weighted by Crippen LogP contribution is -2.38. The highest BCUT2D eigenvalue weighted by atomic mass is 19.1. The van der Waals surface area contributed by atoms with E-state index in [-0.39, 0.29) is 11.7 Å². The van der Waals surface area contributed by atoms with E-state index in [0.29, 0.717) is 12.2 Å². The van der Waals surface area contributed by atoms with E-state index in [2.05, 4.69) is 0 Å². The van der Waals surface area contributed by atoms with Crippen LogP contribution in [0.1, 0.15) is 48.4 Å². The summed E-state index contributed by atoms with van der Waals surface area (Å²) in [6.45, 7) is 5.43. The standard InChI is InChI=1S/C12H15FN2O.C2H6/c1-14-6-7-15-9-5-3-2-4-8(9)10(13)11(15)12(14)16;1-2/h2-7H2,1H3;1-2H3. The van der Waals surface area contributed by atoms with Crippen LogP contribution in [0.2, 0.25) is 0 Å². The molecule has 1 aliphatic carbocycles. The lowest BCUT2D eigenvalue weighted by Gasteiger charge is -2.26. The first-order valence-electron chi connectivity index (χ1n) is 6.85. The second kappa shape index (κ2) is 5.12. The highest BCUT2D eigenvalue weighted by Crippen LogP contribution is 2.31. The largest absolute Gasteiger partial charge is 0.339 e. The van der Waals surface area contributed by atoms with Crippen molar-refractivity contribution in [1.29, 1.82) is 0 Å². The third kappa shape index (κ3) is 1.84. The number of fused-ring (bicyclic) bond motifs is 3. The summed E-state index contributed by atoms with van der Waals surface area (Å²) in [4.78, 5) is 13.5. The Morgan fingerprint density at radius 3 is 2.50 bits per heavy atom. The minimum absolute atomic E-state index is 0.168. The number of rotatable bonds is 0. The van der Waals surface area contributed by atoms with Crippen molar-refractivity contribution in [3.63, 3.8) is 0 Å². The molecule has 0 aromatic carbocycles. The number of halogens is 1. The topological polar surface area (TPSA) is 25.2 Å². The molecular formula is C14H21FN2O. The van der Waals surface area contributed by atoms with Gasteiger partial charge in [0.2, 0.25) is 0 Å². The Labute approximate surface area is 108 Å². The second-order valence-corrected chi connectivity index (χ2v) is 4.67. The van der Waals surface area contributed by atoms with E-state index in [1.807, 2.05) is 18.4 Å². The summed E-state index contributed by atoms with van der Waals surface area (Å²) in [6.07, 6.45) is 3.86. The molecule has 0 fully saturated rings. The third-order valence-electron chi connectivity index (χ3n) is 3.72. The van der Waals surface area contributed by atoms with E-state index in [1.54, 1.807) is 11.9 Å². The molecule has 1 amide bonds. The molecular weight excluding hydrogens is 231 g/mol. The van der Waals surface area contributed by atoms with Crippen LogP contribution in [0.3, 0.4) is 0 Å². The first-order valence-corrected chi connectivity index (χ1v) is 6.85. The van der Waals surface area contributed by atoms with Crippen molar-refractivity contribution in [1.82, 2.24) is 9.47 Å². The number of hydrogen-bond acceptors (Lipinski definition) is 1. The molecule has 2 aliphatic rings. The summed E-state index contributed by atoms with van der Waals surface area (Å²) in [6, 6.07) is 0. The molecule has 4 heteroatoms. The average Bonchev–Trinajstić information content (AvgIpc) is 2.71. The Balaban J connectivity index is 0.000000574. The van der Waals surface area contributed by atoms with Crippen LogP contribution in [0.4, 0.5) is 4.39 Å². The maximum atomic E-state index is 14.2. The fraction of sp³-hybridized carbons (Fsp3) is 0.643. The highest BCUT2D eigenvalue weighted by molar-refractivity contribution is 5.94. The third-order valence-corrected chi connectivity index (χ3v) is 3.72. The normalized spacial score (nSPS) is 17.8. The summed E-state index contributed by atoms with van der Waals surface area (Å²) in [5.41, 5.74) is 2.16. The van der Waals surface area contributed by atoms with E-state index in [1.165, 1.54) is 0 Å². The van der Waals surface area contributed by atoms with E-state index in [4.69, 9.17) is 0 Å². The molecule has 3 nitrogen and oxygen atoms in total. The van der Waals surface area contributed by atoms with Crippen molar-refractivity contribution in [3.8, 4) is 0 Å². The van der Waals surface area contributed by atoms with E-state index < -0.39 is 0 Å². The van der Waals surface area contributed by atoms with Crippen molar-refractivity contribution in [3.05, 3.63) is 22.8 Å². The lowest BCUT2D eigenvalue weighted by atomic mass is 9.97. The molecule has 1 aromatic heterocycles. The van der Waals surface area contributed by atoms with Gasteiger partial charge in [-0.1, -0.05) is 13.8 Å². The molecule has 0 N–H and O–H groups in total. The number of amides is 1. The number of nitrogens with zero attached hydrogens (tertiary/aromatic N) is 2. The Morgan fingerprint density at radius 2 is 1.78 bits per heavy atom. The quantitative estimate of drug-likeness (QED) is 0.697. The fourth-order valence-electron chi connectivity index (χ4n) is 2.81. The van der Waals surface area contributed by atoms with Crippen LogP contribution < -0.4 is 0 Å². The SMILES string of the molecule is CC.CN1CCn2c3c(c(F)c2C1=O)CCCC3. The number of hydrogen-bond donors (Lipinski definition) is 0. The molecule has 0 saturated carbocycles. The van der Waals surface area contributed by atoms with Gasteiger partial charge in [0.05, 0.1) is 0 Å². The van der Waals surface area contributed by atoms with Gasteiger partial charge >= 0.3 is 0 Å². The van der Waals surface area contributed by atoms with Gasteiger partial charge in [-0.25, -0.2) is 4.39 Å². The van der Waals surface area contributed by atoms with Gasteiger partial charge in [0.15, 0.2) is 5.82 Å². The molecule has 0 spiro atoms. The number of aromatic nitrogens is 1. The fourth-order valence-corrected chi connectivity index (χ4v) is 2.81. The van der Waals surface area contributed by atoms with Crippen molar-refractivity contribution < 1.29 is 9.18 Å². The van der Waals surface area contributed by atoms with Crippen LogP contribution in [0, 0.1) is 5.82 Å². The molecule has 2 heterocycles. The molecule has 0 radical (unpaired) electrons. The monoisotopic (exact) mass is 252 g/mol. The molecule has 0 atom stereocenters. The first-order chi connectivity index (χ1) is 8.70. The summed E-state index contributed by atoms with van der Waals surface area (Å²) >= 11 is 0. The molecule has 0 saturated heterocycles. The second-order valence-electron chi connectivity index (χ2n) is 4.67. The number of carbonyl (C=O) groups is 1. The Hall–Kier alpha value is -1.32. The van der Waals surface area contributed by atoms with Gasteiger partial charge in [-0.2, -0.15) is 0 Å². The predicted octanol–water partition coefficient (Wildman–Crippen LogP) is 2.62. The smallest absolute Gasteiger partial charge is 0.273 e. The summed E-state index contributed by atoms with van der Waals surface area (Å²) in [5.74, 6) is -0.426. The molecule has 3 rings (SSSR count). The van der Waals surface area contributed by atoms with Gasteiger partial charge in [0, 0.05) is 31.4 Å². The lowest BCUT2D eigenvalue weighted by molar-refractivity contribution is 0.0742. The molecule has 100 valence electrons. The maximum Gasteiger partial charge on any atom is 0.273 e. The zero-order chi connectivity index (χ0) is 13.3. The van der Waals surface area contributed by atoms with Gasteiger partial charge in [-0.15, -0.1) is 0 Å². The molecule has 1 aromatic rings. The minimum atomic E-state index is -0.258. The van der Waals surface area contributed by atoms with Crippen molar-refractivity contribution >= 4 is 5.91 Å². The summed E-state index contributed by atoms with van der Waals surface area (Å²) in [7, 11) is 1.73. The van der Waals surface area contributed by atoms with E-state index in [9.17, 15) is 9.18 Å². The van der Waals surface area contributed by atoms with Gasteiger partial charge in [-0.05, 0) is 25.7 Å². The zero-order valence-electron chi connectivity index (χ0n) is 11.4. The van der Waals surface area contributed by atoms with Gasteiger partial charge in [-0.3, -0.25) is 4.79 Å². The van der Waals surface area contributed by atoms with Crippen LogP contribution in [0.5, 0.6) is 0 Å². The van der Waals surface area contributed by atoms with E-state index in [0.717, 1.165) is 43.5 Å². The first kappa shape index (κ1) is 13.1. The van der Waals surface area contributed by atoms with Gasteiger partial charge in [0.1, 0.15) is 5.69 Å².